The van der Waals surface area contributed by atoms with Crippen LogP contribution in [0.4, 0.5) is 0 Å². The summed E-state index contributed by atoms with van der Waals surface area (Å²) in [6.45, 7) is -0.0515. The van der Waals surface area contributed by atoms with Crippen LogP contribution in [0.25, 0.3) is 0 Å². The SMILES string of the molecule is C/C=C/[B-]12OC(=O)C[C+]1CC(=O)O2. The summed E-state index contributed by atoms with van der Waals surface area (Å²) < 4.78 is 10.1. The lowest BCUT2D eigenvalue weighted by Crippen LogP contribution is -2.37. The number of fused-ring (bicyclic) bond motifs is 1. The van der Waals surface area contributed by atoms with E-state index in [2.05, 4.69) is 0 Å². The van der Waals surface area contributed by atoms with E-state index < -0.39 is 6.55 Å². The normalized spacial score (nSPS) is 24.8. The molecule has 0 aromatic heterocycles. The van der Waals surface area contributed by atoms with E-state index in [-0.39, 0.29) is 24.8 Å². The van der Waals surface area contributed by atoms with Gasteiger partial charge in [-0.05, 0) is 6.92 Å². The lowest BCUT2D eigenvalue weighted by Gasteiger charge is -2.20. The summed E-state index contributed by atoms with van der Waals surface area (Å²) in [7, 11) is 0. The molecule has 2 fully saturated rings. The Balaban J connectivity index is 2.31. The van der Waals surface area contributed by atoms with Gasteiger partial charge >= 0.3 is 18.5 Å². The largest absolute Gasteiger partial charge is 0.610 e. The van der Waals surface area contributed by atoms with Crippen molar-refractivity contribution in [1.82, 2.24) is 0 Å². The maximum Gasteiger partial charge on any atom is 0.581 e. The maximum atomic E-state index is 11.0. The molecule has 0 aromatic carbocycles. The number of hydrogen-bond acceptors (Lipinski definition) is 4. The van der Waals surface area contributed by atoms with E-state index in [1.807, 2.05) is 0 Å². The molecular weight excluding hydrogens is 171 g/mol. The van der Waals surface area contributed by atoms with Crippen LogP contribution in [0.3, 0.4) is 0 Å². The minimum Gasteiger partial charge on any atom is -0.610 e. The Bertz CT molecular complexity index is 277. The zero-order chi connectivity index (χ0) is 9.47. The Morgan fingerprint density at radius 2 is 1.85 bits per heavy atom. The molecule has 5 heteroatoms. The van der Waals surface area contributed by atoms with Gasteiger partial charge in [-0.2, -0.15) is 0 Å². The van der Waals surface area contributed by atoms with Gasteiger partial charge in [-0.3, -0.25) is 9.59 Å². The van der Waals surface area contributed by atoms with Crippen LogP contribution in [0.5, 0.6) is 0 Å². The van der Waals surface area contributed by atoms with Crippen LogP contribution in [0, 0.1) is 5.82 Å². The van der Waals surface area contributed by atoms with E-state index in [0.717, 1.165) is 5.82 Å². The van der Waals surface area contributed by atoms with Crippen LogP contribution in [-0.4, -0.2) is 18.5 Å². The third kappa shape index (κ3) is 1.11. The van der Waals surface area contributed by atoms with Crippen LogP contribution in [0.15, 0.2) is 12.1 Å². The third-order valence-corrected chi connectivity index (χ3v) is 2.37. The van der Waals surface area contributed by atoms with Crippen molar-refractivity contribution in [2.24, 2.45) is 0 Å². The summed E-state index contributed by atoms with van der Waals surface area (Å²) in [5.74, 6) is 1.82. The van der Waals surface area contributed by atoms with Crippen molar-refractivity contribution in [3.05, 3.63) is 17.9 Å². The first-order chi connectivity index (χ1) is 6.16. The van der Waals surface area contributed by atoms with Gasteiger partial charge in [-0.25, -0.2) is 0 Å². The smallest absolute Gasteiger partial charge is 0.581 e. The molecule has 0 aromatic rings. The predicted octanol–water partition coefficient (Wildman–Crippen LogP) is 0.551. The Hall–Kier alpha value is -1.39. The first kappa shape index (κ1) is 8.22. The molecule has 0 amide bonds. The lowest BCUT2D eigenvalue weighted by molar-refractivity contribution is -0.138. The highest BCUT2D eigenvalue weighted by atomic mass is 16.7. The predicted molar refractivity (Wildman–Crippen MR) is 45.2 cm³/mol. The Labute approximate surface area is 75.9 Å². The fourth-order valence-corrected chi connectivity index (χ4v) is 1.85. The second kappa shape index (κ2) is 2.55. The van der Waals surface area contributed by atoms with E-state index in [1.165, 1.54) is 0 Å². The number of carbonyl (C=O) groups is 2. The molecule has 2 saturated heterocycles. The van der Waals surface area contributed by atoms with Crippen LogP contribution >= 0.6 is 0 Å². The van der Waals surface area contributed by atoms with Gasteiger partial charge in [0.25, 0.3) is 0 Å². The van der Waals surface area contributed by atoms with Gasteiger partial charge in [-0.15, -0.1) is 12.1 Å². The first-order valence-corrected chi connectivity index (χ1v) is 4.23. The molecule has 13 heavy (non-hydrogen) atoms. The van der Waals surface area contributed by atoms with Gasteiger partial charge in [0.15, 0.2) is 0 Å². The molecular formula is C8H9BO4. The zero-order valence-corrected chi connectivity index (χ0v) is 7.28. The van der Waals surface area contributed by atoms with E-state index in [0.29, 0.717) is 0 Å². The highest BCUT2D eigenvalue weighted by molar-refractivity contribution is 6.83. The molecule has 2 aliphatic heterocycles. The van der Waals surface area contributed by atoms with Crippen molar-refractivity contribution in [2.45, 2.75) is 19.8 Å². The minimum atomic E-state index is -1.85. The molecule has 0 bridgehead atoms. The average molecular weight is 180 g/mol. The van der Waals surface area contributed by atoms with Crippen LogP contribution in [-0.2, 0) is 18.9 Å². The van der Waals surface area contributed by atoms with Gasteiger partial charge < -0.3 is 9.31 Å². The fraction of sp³-hybridized carbons (Fsp3) is 0.375. The maximum absolute atomic E-state index is 11.0. The van der Waals surface area contributed by atoms with Crippen molar-refractivity contribution in [3.63, 3.8) is 0 Å². The van der Waals surface area contributed by atoms with Gasteiger partial charge in [-0.1, -0.05) is 0 Å². The Morgan fingerprint density at radius 3 is 2.31 bits per heavy atom. The Kier molecular flexibility index (Phi) is 1.61. The quantitative estimate of drug-likeness (QED) is 0.436. The van der Waals surface area contributed by atoms with Crippen LogP contribution < -0.4 is 0 Å². The topological polar surface area (TPSA) is 52.6 Å². The molecule has 0 saturated carbocycles. The second-order valence-electron chi connectivity index (χ2n) is 3.29. The zero-order valence-electron chi connectivity index (χ0n) is 7.28. The summed E-state index contributed by atoms with van der Waals surface area (Å²) in [5.41, 5.74) is 0. The van der Waals surface area contributed by atoms with Gasteiger partial charge in [0, 0.05) is 5.82 Å². The van der Waals surface area contributed by atoms with Gasteiger partial charge in [0.05, 0.1) is 0 Å². The molecule has 0 aliphatic carbocycles. The van der Waals surface area contributed by atoms with Crippen molar-refractivity contribution in [3.8, 4) is 0 Å². The van der Waals surface area contributed by atoms with Gasteiger partial charge in [0.1, 0.15) is 12.8 Å². The molecule has 2 heterocycles. The highest BCUT2D eigenvalue weighted by Crippen LogP contribution is 2.40. The van der Waals surface area contributed by atoms with E-state index in [9.17, 15) is 9.59 Å². The Morgan fingerprint density at radius 1 is 1.31 bits per heavy atom. The number of hydrogen-bond donors (Lipinski definition) is 0. The summed E-state index contributed by atoms with van der Waals surface area (Å²) in [4.78, 5) is 22.0. The van der Waals surface area contributed by atoms with E-state index in [1.54, 1.807) is 19.0 Å². The third-order valence-electron chi connectivity index (χ3n) is 2.37. The lowest BCUT2D eigenvalue weighted by atomic mass is 9.49. The van der Waals surface area contributed by atoms with Gasteiger partial charge in [0.2, 0.25) is 0 Å². The number of carbonyl (C=O) groups excluding carboxylic acids is 2. The first-order valence-electron chi connectivity index (χ1n) is 4.23. The van der Waals surface area contributed by atoms with Crippen molar-refractivity contribution in [2.75, 3.05) is 0 Å². The molecule has 2 rings (SSSR count). The van der Waals surface area contributed by atoms with Crippen LogP contribution in [0.1, 0.15) is 19.8 Å². The molecule has 4 nitrogen and oxygen atoms in total. The van der Waals surface area contributed by atoms with E-state index >= 15 is 0 Å². The van der Waals surface area contributed by atoms with Crippen molar-refractivity contribution < 1.29 is 18.9 Å². The van der Waals surface area contributed by atoms with E-state index in [4.69, 9.17) is 9.31 Å². The molecule has 0 atom stereocenters. The summed E-state index contributed by atoms with van der Waals surface area (Å²) in [5, 5.41) is 0. The second-order valence-corrected chi connectivity index (χ2v) is 3.29. The summed E-state index contributed by atoms with van der Waals surface area (Å²) in [6.07, 6.45) is 2.17. The molecule has 0 radical (unpaired) electrons. The molecule has 68 valence electrons. The molecule has 0 N–H and O–H groups in total. The fourth-order valence-electron chi connectivity index (χ4n) is 1.85. The van der Waals surface area contributed by atoms with Crippen LogP contribution in [0.2, 0.25) is 0 Å². The standard InChI is InChI=1S/C8H9BO4/c1-2-3-9-6(4-7(10)12-9)5-8(11)13-9/h2-3H,4-5H2,1H3/b3-2+. The molecule has 0 spiro atoms. The number of allylic oxidation sites excluding steroid dienone is 1. The van der Waals surface area contributed by atoms with Crippen molar-refractivity contribution >= 4 is 18.5 Å². The number of rotatable bonds is 1. The molecule has 0 unspecified atom stereocenters. The minimum absolute atomic E-state index is 0.218. The van der Waals surface area contributed by atoms with Crippen molar-refractivity contribution in [1.29, 1.82) is 0 Å². The monoisotopic (exact) mass is 180 g/mol. The average Bonchev–Trinajstić information content (AvgIpc) is 2.40. The highest BCUT2D eigenvalue weighted by Gasteiger charge is 2.62. The summed E-state index contributed by atoms with van der Waals surface area (Å²) >= 11 is 0. The molecule has 2 aliphatic rings. The summed E-state index contributed by atoms with van der Waals surface area (Å²) in [6, 6.07) is 0.